The summed E-state index contributed by atoms with van der Waals surface area (Å²) >= 11 is 0. The van der Waals surface area contributed by atoms with Crippen molar-refractivity contribution in [3.63, 3.8) is 0 Å². The third-order valence-electron chi connectivity index (χ3n) is 8.36. The van der Waals surface area contributed by atoms with Crippen LogP contribution in [0.4, 0.5) is 0 Å². The van der Waals surface area contributed by atoms with Crippen LogP contribution in [0.5, 0.6) is 0 Å². The first kappa shape index (κ1) is 25.6. The van der Waals surface area contributed by atoms with E-state index in [4.69, 9.17) is 14.6 Å². The van der Waals surface area contributed by atoms with Gasteiger partial charge in [0.05, 0.1) is 5.92 Å². The van der Waals surface area contributed by atoms with Crippen LogP contribution in [-0.2, 0) is 30.6 Å². The van der Waals surface area contributed by atoms with Crippen molar-refractivity contribution in [2.45, 2.75) is 79.7 Å². The Morgan fingerprint density at radius 3 is 2.54 bits per heavy atom. The van der Waals surface area contributed by atoms with Gasteiger partial charge in [-0.25, -0.2) is 0 Å². The molecule has 5 rings (SSSR count). The first-order valence-electron chi connectivity index (χ1n) is 13.6. The molecule has 3 aromatic rings. The molecule has 1 fully saturated rings. The maximum absolute atomic E-state index is 11.2. The Morgan fingerprint density at radius 1 is 1.19 bits per heavy atom. The second-order valence-corrected chi connectivity index (χ2v) is 11.6. The Labute approximate surface area is 219 Å². The van der Waals surface area contributed by atoms with E-state index >= 15 is 0 Å². The van der Waals surface area contributed by atoms with Crippen molar-refractivity contribution in [1.29, 1.82) is 0 Å². The second-order valence-electron chi connectivity index (χ2n) is 11.6. The highest BCUT2D eigenvalue weighted by Crippen LogP contribution is 2.39. The maximum Gasteiger partial charge on any atom is 0.306 e. The Hall–Kier alpha value is -3.00. The van der Waals surface area contributed by atoms with Crippen LogP contribution in [0.15, 0.2) is 16.7 Å². The number of likely N-dealkylation sites (tertiary alicyclic amines) is 1. The molecule has 0 spiro atoms. The molecule has 0 bridgehead atoms. The molecule has 0 amide bonds. The number of piperidine rings is 1. The van der Waals surface area contributed by atoms with Gasteiger partial charge >= 0.3 is 5.97 Å². The number of aromatic nitrogens is 4. The Kier molecular flexibility index (Phi) is 6.96. The van der Waals surface area contributed by atoms with Gasteiger partial charge in [0.15, 0.2) is 5.69 Å². The fraction of sp³-hybridized carbons (Fsp3) is 0.586. The van der Waals surface area contributed by atoms with Crippen LogP contribution in [0, 0.1) is 25.2 Å². The van der Waals surface area contributed by atoms with Gasteiger partial charge in [-0.05, 0) is 107 Å². The molecule has 0 radical (unpaired) electrons. The minimum absolute atomic E-state index is 0.188. The van der Waals surface area contributed by atoms with E-state index in [9.17, 15) is 9.90 Å². The number of carboxylic acid groups (broad SMARTS) is 1. The maximum atomic E-state index is 11.2. The van der Waals surface area contributed by atoms with Crippen molar-refractivity contribution in [1.82, 2.24) is 24.8 Å². The number of carbonyl (C=O) groups is 1. The predicted molar refractivity (Wildman–Crippen MR) is 142 cm³/mol. The largest absolute Gasteiger partial charge is 0.481 e. The summed E-state index contributed by atoms with van der Waals surface area (Å²) in [4.78, 5) is 18.4. The smallest absolute Gasteiger partial charge is 0.306 e. The Morgan fingerprint density at radius 2 is 1.89 bits per heavy atom. The number of fused-ring (bicyclic) bond motifs is 1. The number of hydrogen-bond acceptors (Lipinski definition) is 6. The summed E-state index contributed by atoms with van der Waals surface area (Å²) in [6.45, 7) is 14.5. The summed E-state index contributed by atoms with van der Waals surface area (Å²) < 4.78 is 7.86. The number of aliphatic carboxylic acids is 1. The lowest BCUT2D eigenvalue weighted by Gasteiger charge is -2.30. The normalized spacial score (nSPS) is 18.2. The number of aryl methyl sites for hydroxylation is 3. The van der Waals surface area contributed by atoms with Crippen molar-refractivity contribution < 1.29 is 14.4 Å². The van der Waals surface area contributed by atoms with Gasteiger partial charge in [0.2, 0.25) is 5.82 Å². The Balaban J connectivity index is 1.32. The van der Waals surface area contributed by atoms with Gasteiger partial charge in [0.25, 0.3) is 5.89 Å². The van der Waals surface area contributed by atoms with E-state index in [1.807, 2.05) is 0 Å². The van der Waals surface area contributed by atoms with E-state index in [0.717, 1.165) is 76.0 Å². The van der Waals surface area contributed by atoms with Crippen molar-refractivity contribution in [2.75, 3.05) is 19.6 Å². The molecular formula is C29H39N5O3. The summed E-state index contributed by atoms with van der Waals surface area (Å²) in [7, 11) is 0. The zero-order valence-corrected chi connectivity index (χ0v) is 22.8. The number of carboxylic acids is 1. The minimum atomic E-state index is -0.658. The molecule has 0 unspecified atom stereocenters. The third-order valence-corrected chi connectivity index (χ3v) is 8.36. The Bertz CT molecular complexity index is 1270. The van der Waals surface area contributed by atoms with E-state index in [2.05, 4.69) is 61.5 Å². The van der Waals surface area contributed by atoms with Crippen LogP contribution in [0.3, 0.4) is 0 Å². The minimum Gasteiger partial charge on any atom is -0.481 e. The van der Waals surface area contributed by atoms with Gasteiger partial charge in [-0.2, -0.15) is 10.1 Å². The van der Waals surface area contributed by atoms with Gasteiger partial charge < -0.3 is 14.5 Å². The monoisotopic (exact) mass is 505 g/mol. The third kappa shape index (κ3) is 5.21. The first-order chi connectivity index (χ1) is 17.6. The number of nitrogens with zero attached hydrogens (tertiary/aromatic N) is 5. The van der Waals surface area contributed by atoms with E-state index in [0.29, 0.717) is 11.7 Å². The molecule has 8 heteroatoms. The van der Waals surface area contributed by atoms with Crippen LogP contribution in [-0.4, -0.2) is 55.5 Å². The zero-order valence-electron chi connectivity index (χ0n) is 22.8. The van der Waals surface area contributed by atoms with Crippen LogP contribution in [0.25, 0.3) is 23.0 Å². The summed E-state index contributed by atoms with van der Waals surface area (Å²) in [5.74, 6) is 0.253. The molecule has 1 aromatic carbocycles. The van der Waals surface area contributed by atoms with E-state index in [1.54, 1.807) is 0 Å². The SMILES string of the molecule is CCn1nc(-c2nc(-c3cc(C)c(CCN4CCC(C(=O)O)CC4)c(C)c3)no2)c2c1CC(C)(C)CC2. The van der Waals surface area contributed by atoms with Crippen molar-refractivity contribution >= 4 is 5.97 Å². The van der Waals surface area contributed by atoms with Crippen LogP contribution in [0.1, 0.15) is 68.0 Å². The highest BCUT2D eigenvalue weighted by atomic mass is 16.5. The average molecular weight is 506 g/mol. The molecule has 0 atom stereocenters. The van der Waals surface area contributed by atoms with E-state index in [1.165, 1.54) is 27.9 Å². The van der Waals surface area contributed by atoms with Crippen LogP contribution < -0.4 is 0 Å². The average Bonchev–Trinajstić information content (AvgIpc) is 3.47. The standard InChI is InChI=1S/C29H39N5O3/c1-6-34-24-17-29(4,5)11-7-23(24)25(31-34)27-30-26(32-37-27)21-15-18(2)22(19(3)16-21)10-14-33-12-8-20(9-13-33)28(35)36/h15-16,20H,6-14,17H2,1-5H3,(H,35,36). The van der Waals surface area contributed by atoms with E-state index < -0.39 is 5.97 Å². The molecule has 3 heterocycles. The summed E-state index contributed by atoms with van der Waals surface area (Å²) in [6.07, 6.45) is 5.55. The van der Waals surface area contributed by atoms with Crippen LogP contribution in [0.2, 0.25) is 0 Å². The van der Waals surface area contributed by atoms with Gasteiger partial charge in [-0.1, -0.05) is 19.0 Å². The van der Waals surface area contributed by atoms with Gasteiger partial charge in [-0.3, -0.25) is 9.48 Å². The lowest BCUT2D eigenvalue weighted by Crippen LogP contribution is -2.37. The van der Waals surface area contributed by atoms with Crippen molar-refractivity contribution in [3.05, 3.63) is 40.1 Å². The molecule has 2 aromatic heterocycles. The summed E-state index contributed by atoms with van der Waals surface area (Å²) in [6, 6.07) is 4.30. The highest BCUT2D eigenvalue weighted by Gasteiger charge is 2.32. The predicted octanol–water partition coefficient (Wildman–Crippen LogP) is 5.09. The second kappa shape index (κ2) is 10.0. The number of hydrogen-bond donors (Lipinski definition) is 1. The lowest BCUT2D eigenvalue weighted by atomic mass is 9.76. The molecule has 1 aliphatic carbocycles. The molecule has 0 saturated carbocycles. The molecule has 1 N–H and O–H groups in total. The van der Waals surface area contributed by atoms with Crippen LogP contribution >= 0.6 is 0 Å². The molecule has 2 aliphatic rings. The molecule has 1 saturated heterocycles. The first-order valence-corrected chi connectivity index (χ1v) is 13.6. The summed E-state index contributed by atoms with van der Waals surface area (Å²) in [5.41, 5.74) is 8.41. The molecule has 1 aliphatic heterocycles. The zero-order chi connectivity index (χ0) is 26.3. The van der Waals surface area contributed by atoms with E-state index in [-0.39, 0.29) is 11.3 Å². The van der Waals surface area contributed by atoms with Gasteiger partial charge in [0, 0.05) is 29.9 Å². The molecule has 198 valence electrons. The fourth-order valence-electron chi connectivity index (χ4n) is 6.06. The lowest BCUT2D eigenvalue weighted by molar-refractivity contribution is -0.143. The number of benzene rings is 1. The topological polar surface area (TPSA) is 97.3 Å². The number of rotatable bonds is 7. The molecule has 8 nitrogen and oxygen atoms in total. The highest BCUT2D eigenvalue weighted by molar-refractivity contribution is 5.70. The quantitative estimate of drug-likeness (QED) is 0.478. The van der Waals surface area contributed by atoms with Gasteiger partial charge in [-0.15, -0.1) is 0 Å². The van der Waals surface area contributed by atoms with Crippen molar-refractivity contribution in [2.24, 2.45) is 11.3 Å². The van der Waals surface area contributed by atoms with Gasteiger partial charge in [0.1, 0.15) is 0 Å². The fourth-order valence-corrected chi connectivity index (χ4v) is 6.06. The summed E-state index contributed by atoms with van der Waals surface area (Å²) in [5, 5.41) is 18.4. The molecule has 37 heavy (non-hydrogen) atoms. The van der Waals surface area contributed by atoms with Crippen molar-refractivity contribution in [3.8, 4) is 23.0 Å². The molecular weight excluding hydrogens is 466 g/mol.